The van der Waals surface area contributed by atoms with Gasteiger partial charge in [-0.25, -0.2) is 0 Å². The van der Waals surface area contributed by atoms with Crippen molar-refractivity contribution in [2.45, 2.75) is 25.8 Å². The molecule has 0 amide bonds. The lowest BCUT2D eigenvalue weighted by Gasteiger charge is -2.26. The van der Waals surface area contributed by atoms with E-state index in [-0.39, 0.29) is 28.6 Å². The van der Waals surface area contributed by atoms with Crippen molar-refractivity contribution in [3.05, 3.63) is 39.9 Å². The topological polar surface area (TPSA) is 72.4 Å². The van der Waals surface area contributed by atoms with Crippen LogP contribution in [0.15, 0.2) is 24.3 Å². The maximum atomic E-state index is 10.7. The molecule has 0 saturated carbocycles. The highest BCUT2D eigenvalue weighted by atomic mass is 35.5. The predicted molar refractivity (Wildman–Crippen MR) is 79.8 cm³/mol. The molecular weight excluding hydrogens is 266 g/mol. The second kappa shape index (κ2) is 7.43. The van der Waals surface area contributed by atoms with E-state index in [9.17, 15) is 10.1 Å². The maximum Gasteiger partial charge on any atom is 0.269 e. The number of nitrogens with zero attached hydrogens (tertiary/aromatic N) is 2. The van der Waals surface area contributed by atoms with Crippen LogP contribution >= 0.6 is 12.4 Å². The van der Waals surface area contributed by atoms with Gasteiger partial charge < -0.3 is 10.6 Å². The number of likely N-dealkylation sites (N-methyl/N-ethyl adjacent to an activating group) is 1. The molecule has 1 rings (SSSR count). The van der Waals surface area contributed by atoms with Gasteiger partial charge in [0, 0.05) is 30.8 Å². The highest BCUT2D eigenvalue weighted by Gasteiger charge is 2.14. The molecule has 0 aliphatic carbocycles. The van der Waals surface area contributed by atoms with Crippen molar-refractivity contribution in [2.24, 2.45) is 5.73 Å². The Bertz CT molecular complexity index is 419. The first-order chi connectivity index (χ1) is 8.28. The normalized spacial score (nSPS) is 11.2. The molecule has 5 nitrogen and oxygen atoms in total. The number of rotatable bonds is 6. The van der Waals surface area contributed by atoms with Crippen LogP contribution in [-0.4, -0.2) is 35.5 Å². The molecule has 0 aliphatic rings. The Balaban J connectivity index is 0.00000324. The molecule has 6 heteroatoms. The van der Waals surface area contributed by atoms with Crippen molar-refractivity contribution in [3.63, 3.8) is 0 Å². The Morgan fingerprint density at radius 1 is 1.42 bits per heavy atom. The van der Waals surface area contributed by atoms with Crippen LogP contribution in [0, 0.1) is 10.1 Å². The van der Waals surface area contributed by atoms with Crippen molar-refractivity contribution in [1.82, 2.24) is 4.90 Å². The Morgan fingerprint density at radius 2 is 2.05 bits per heavy atom. The minimum absolute atomic E-state index is 0. The number of nitrogens with two attached hydrogens (primary N) is 1. The summed E-state index contributed by atoms with van der Waals surface area (Å²) >= 11 is 0. The van der Waals surface area contributed by atoms with Crippen LogP contribution in [0.25, 0.3) is 0 Å². The molecule has 1 aromatic carbocycles. The standard InChI is InChI=1S/C13H21N3O2.ClH/c1-13(2,14)10-15(3)8-7-11-5-4-6-12(9-11)16(17)18;/h4-6,9H,7-8,10,14H2,1-3H3;1H. The average molecular weight is 288 g/mol. The summed E-state index contributed by atoms with van der Waals surface area (Å²) in [5, 5.41) is 10.7. The number of hydrogen-bond donors (Lipinski definition) is 1. The largest absolute Gasteiger partial charge is 0.324 e. The van der Waals surface area contributed by atoms with Crippen LogP contribution in [0.2, 0.25) is 0 Å². The van der Waals surface area contributed by atoms with Crippen molar-refractivity contribution in [3.8, 4) is 0 Å². The number of halogens is 1. The molecule has 0 radical (unpaired) electrons. The van der Waals surface area contributed by atoms with Crippen LogP contribution in [0.4, 0.5) is 5.69 Å². The quantitative estimate of drug-likeness (QED) is 0.643. The molecule has 1 aromatic rings. The number of hydrogen-bond acceptors (Lipinski definition) is 4. The van der Waals surface area contributed by atoms with Gasteiger partial charge in [-0.2, -0.15) is 0 Å². The highest BCUT2D eigenvalue weighted by Crippen LogP contribution is 2.13. The van der Waals surface area contributed by atoms with Crippen molar-refractivity contribution in [1.29, 1.82) is 0 Å². The lowest BCUT2D eigenvalue weighted by atomic mass is 10.1. The van der Waals surface area contributed by atoms with Gasteiger partial charge in [-0.1, -0.05) is 12.1 Å². The summed E-state index contributed by atoms with van der Waals surface area (Å²) in [6, 6.07) is 6.77. The third-order valence-electron chi connectivity index (χ3n) is 2.58. The molecule has 0 bridgehead atoms. The van der Waals surface area contributed by atoms with Gasteiger partial charge in [-0.05, 0) is 32.9 Å². The fraction of sp³-hybridized carbons (Fsp3) is 0.538. The fourth-order valence-corrected chi connectivity index (χ4v) is 1.92. The van der Waals surface area contributed by atoms with E-state index in [1.54, 1.807) is 12.1 Å². The first-order valence-corrected chi connectivity index (χ1v) is 5.99. The second-order valence-corrected chi connectivity index (χ2v) is 5.40. The number of nitro groups is 1. The lowest BCUT2D eigenvalue weighted by Crippen LogP contribution is -2.44. The van der Waals surface area contributed by atoms with Crippen LogP contribution in [-0.2, 0) is 6.42 Å². The van der Waals surface area contributed by atoms with Gasteiger partial charge in [0.2, 0.25) is 0 Å². The van der Waals surface area contributed by atoms with Gasteiger partial charge in [0.15, 0.2) is 0 Å². The van der Waals surface area contributed by atoms with E-state index in [1.807, 2.05) is 27.0 Å². The SMILES string of the molecule is CN(CCc1cccc([N+](=O)[O-])c1)CC(C)(C)N.Cl. The molecule has 19 heavy (non-hydrogen) atoms. The Kier molecular flexibility index (Phi) is 6.97. The monoisotopic (exact) mass is 287 g/mol. The minimum Gasteiger partial charge on any atom is -0.324 e. The lowest BCUT2D eigenvalue weighted by molar-refractivity contribution is -0.384. The van der Waals surface area contributed by atoms with E-state index < -0.39 is 0 Å². The van der Waals surface area contributed by atoms with Crippen LogP contribution < -0.4 is 5.73 Å². The predicted octanol–water partition coefficient (Wildman–Crippen LogP) is 2.23. The number of benzene rings is 1. The van der Waals surface area contributed by atoms with Gasteiger partial charge in [0.25, 0.3) is 5.69 Å². The third kappa shape index (κ3) is 7.10. The van der Waals surface area contributed by atoms with Crippen molar-refractivity contribution < 1.29 is 4.92 Å². The van der Waals surface area contributed by atoms with E-state index in [0.29, 0.717) is 0 Å². The van der Waals surface area contributed by atoms with Crippen LogP contribution in [0.3, 0.4) is 0 Å². The van der Waals surface area contributed by atoms with Crippen molar-refractivity contribution >= 4 is 18.1 Å². The van der Waals surface area contributed by atoms with E-state index in [0.717, 1.165) is 25.1 Å². The third-order valence-corrected chi connectivity index (χ3v) is 2.58. The zero-order valence-electron chi connectivity index (χ0n) is 11.6. The summed E-state index contributed by atoms with van der Waals surface area (Å²) in [5.74, 6) is 0. The Labute approximate surface area is 120 Å². The maximum absolute atomic E-state index is 10.7. The minimum atomic E-state index is -0.365. The van der Waals surface area contributed by atoms with Gasteiger partial charge in [-0.3, -0.25) is 10.1 Å². The summed E-state index contributed by atoms with van der Waals surface area (Å²) in [6.45, 7) is 5.59. The molecule has 108 valence electrons. The Hall–Kier alpha value is -1.17. The van der Waals surface area contributed by atoms with E-state index in [2.05, 4.69) is 4.90 Å². The molecule has 0 atom stereocenters. The first-order valence-electron chi connectivity index (χ1n) is 5.99. The van der Waals surface area contributed by atoms with E-state index in [4.69, 9.17) is 5.73 Å². The molecule has 0 aliphatic heterocycles. The van der Waals surface area contributed by atoms with Gasteiger partial charge in [0.05, 0.1) is 4.92 Å². The van der Waals surface area contributed by atoms with Gasteiger partial charge in [0.1, 0.15) is 0 Å². The molecule has 0 heterocycles. The second-order valence-electron chi connectivity index (χ2n) is 5.40. The van der Waals surface area contributed by atoms with E-state index >= 15 is 0 Å². The van der Waals surface area contributed by atoms with E-state index in [1.165, 1.54) is 6.07 Å². The van der Waals surface area contributed by atoms with Gasteiger partial charge >= 0.3 is 0 Å². The summed E-state index contributed by atoms with van der Waals surface area (Å²) in [6.07, 6.45) is 0.786. The van der Waals surface area contributed by atoms with Gasteiger partial charge in [-0.15, -0.1) is 12.4 Å². The number of non-ortho nitro benzene ring substituents is 1. The smallest absolute Gasteiger partial charge is 0.269 e. The number of nitro benzene ring substituents is 1. The zero-order valence-corrected chi connectivity index (χ0v) is 12.4. The molecule has 2 N–H and O–H groups in total. The summed E-state index contributed by atoms with van der Waals surface area (Å²) in [4.78, 5) is 12.4. The molecular formula is C13H22ClN3O2. The van der Waals surface area contributed by atoms with Crippen LogP contribution in [0.5, 0.6) is 0 Å². The van der Waals surface area contributed by atoms with Crippen LogP contribution in [0.1, 0.15) is 19.4 Å². The highest BCUT2D eigenvalue weighted by molar-refractivity contribution is 5.85. The molecule has 0 saturated heterocycles. The average Bonchev–Trinajstić information content (AvgIpc) is 2.24. The summed E-state index contributed by atoms with van der Waals surface area (Å²) < 4.78 is 0. The summed E-state index contributed by atoms with van der Waals surface area (Å²) in [7, 11) is 2.01. The fourth-order valence-electron chi connectivity index (χ4n) is 1.92. The first kappa shape index (κ1) is 17.8. The van der Waals surface area contributed by atoms with Crippen molar-refractivity contribution in [2.75, 3.05) is 20.1 Å². The Morgan fingerprint density at radius 3 is 2.58 bits per heavy atom. The summed E-state index contributed by atoms with van der Waals surface area (Å²) in [5.41, 5.74) is 6.84. The molecule has 0 aromatic heterocycles. The molecule has 0 fully saturated rings. The molecule has 0 spiro atoms. The zero-order chi connectivity index (χ0) is 13.8. The molecule has 0 unspecified atom stereocenters.